The van der Waals surface area contributed by atoms with Crippen LogP contribution in [0, 0.1) is 11.6 Å². The molecule has 43 heavy (non-hydrogen) atoms. The lowest BCUT2D eigenvalue weighted by Gasteiger charge is -2.21. The first-order chi connectivity index (χ1) is 20.7. The third kappa shape index (κ3) is 6.18. The van der Waals surface area contributed by atoms with Crippen LogP contribution in [0.4, 0.5) is 14.5 Å². The number of halogens is 3. The molecule has 0 aliphatic carbocycles. The summed E-state index contributed by atoms with van der Waals surface area (Å²) >= 11 is 6.36. The highest BCUT2D eigenvalue weighted by Gasteiger charge is 2.24. The second-order valence-corrected chi connectivity index (χ2v) is 10.0. The Kier molecular flexibility index (Phi) is 8.65. The van der Waals surface area contributed by atoms with Gasteiger partial charge in [0.2, 0.25) is 5.91 Å². The number of amides is 1. The van der Waals surface area contributed by atoms with E-state index < -0.39 is 35.7 Å². The number of aromatic nitrogens is 4. The van der Waals surface area contributed by atoms with Crippen molar-refractivity contribution in [3.05, 3.63) is 112 Å². The first-order valence-electron chi connectivity index (χ1n) is 13.2. The van der Waals surface area contributed by atoms with Crippen LogP contribution in [0.3, 0.4) is 0 Å². The number of carbonyl (C=O) groups excluding carboxylic acids is 1. The summed E-state index contributed by atoms with van der Waals surface area (Å²) in [6, 6.07) is 15.3. The van der Waals surface area contributed by atoms with Gasteiger partial charge in [-0.1, -0.05) is 41.9 Å². The predicted octanol–water partition coefficient (Wildman–Crippen LogP) is 5.79. The zero-order chi connectivity index (χ0) is 30.7. The third-order valence-electron chi connectivity index (χ3n) is 6.89. The number of aliphatic hydroxyl groups is 1. The monoisotopic (exact) mass is 605 g/mol. The first-order valence-corrected chi connectivity index (χ1v) is 13.6. The molecule has 0 saturated carbocycles. The van der Waals surface area contributed by atoms with Gasteiger partial charge in [-0.3, -0.25) is 14.2 Å². The molecule has 0 unspecified atom stereocenters. The van der Waals surface area contributed by atoms with Gasteiger partial charge in [0.15, 0.2) is 0 Å². The fourth-order valence-corrected chi connectivity index (χ4v) is 4.89. The van der Waals surface area contributed by atoms with Crippen LogP contribution in [0.2, 0.25) is 5.02 Å². The molecule has 0 aliphatic heterocycles. The quantitative estimate of drug-likeness (QED) is 0.220. The lowest BCUT2D eigenvalue weighted by Crippen LogP contribution is -2.32. The SMILES string of the molecule is CC[C@@H](C(=O)Nc1ccc(CO)c(F)c1)n1cc(OC)c(-c2cc(Cl)ccc2-n2cc(-c3cccc(F)c3)nn2)cc1=O. The molecule has 0 saturated heterocycles. The molecule has 12 heteroatoms. The van der Waals surface area contributed by atoms with Gasteiger partial charge in [-0.2, -0.15) is 0 Å². The number of ether oxygens (including phenoxy) is 1. The molecule has 220 valence electrons. The number of benzene rings is 3. The third-order valence-corrected chi connectivity index (χ3v) is 7.12. The molecule has 1 amide bonds. The molecule has 0 aliphatic rings. The summed E-state index contributed by atoms with van der Waals surface area (Å²) in [7, 11) is 1.43. The molecule has 0 bridgehead atoms. The lowest BCUT2D eigenvalue weighted by molar-refractivity contribution is -0.119. The van der Waals surface area contributed by atoms with E-state index in [1.807, 2.05) is 0 Å². The van der Waals surface area contributed by atoms with Crippen LogP contribution in [-0.2, 0) is 11.4 Å². The number of aliphatic hydroxyl groups excluding tert-OH is 1. The van der Waals surface area contributed by atoms with E-state index in [2.05, 4.69) is 15.6 Å². The highest BCUT2D eigenvalue weighted by Crippen LogP contribution is 2.36. The van der Waals surface area contributed by atoms with Crippen molar-refractivity contribution in [2.75, 3.05) is 12.4 Å². The molecule has 2 N–H and O–H groups in total. The fraction of sp³-hybridized carbons (Fsp3) is 0.161. The molecular weight excluding hydrogens is 580 g/mol. The predicted molar refractivity (Wildman–Crippen MR) is 158 cm³/mol. The van der Waals surface area contributed by atoms with E-state index in [9.17, 15) is 23.5 Å². The Morgan fingerprint density at radius 2 is 1.88 bits per heavy atom. The van der Waals surface area contributed by atoms with E-state index >= 15 is 0 Å². The maximum absolute atomic E-state index is 14.1. The number of rotatable bonds is 9. The van der Waals surface area contributed by atoms with Crippen molar-refractivity contribution in [3.8, 4) is 33.8 Å². The summed E-state index contributed by atoms with van der Waals surface area (Å²) in [6.07, 6.45) is 3.31. The zero-order valence-electron chi connectivity index (χ0n) is 23.1. The number of pyridine rings is 1. The smallest absolute Gasteiger partial charge is 0.252 e. The minimum Gasteiger partial charge on any atom is -0.495 e. The van der Waals surface area contributed by atoms with Crippen LogP contribution in [0.15, 0.2) is 83.9 Å². The second-order valence-electron chi connectivity index (χ2n) is 9.60. The Morgan fingerprint density at radius 3 is 2.58 bits per heavy atom. The van der Waals surface area contributed by atoms with Crippen molar-refractivity contribution in [1.82, 2.24) is 19.6 Å². The number of nitrogens with zero attached hydrogens (tertiary/aromatic N) is 4. The average Bonchev–Trinajstić information content (AvgIpc) is 3.48. The van der Waals surface area contributed by atoms with Gasteiger partial charge >= 0.3 is 0 Å². The van der Waals surface area contributed by atoms with Gasteiger partial charge in [0.25, 0.3) is 5.56 Å². The maximum Gasteiger partial charge on any atom is 0.252 e. The van der Waals surface area contributed by atoms with Crippen LogP contribution < -0.4 is 15.6 Å². The molecule has 2 heterocycles. The summed E-state index contributed by atoms with van der Waals surface area (Å²) in [5.74, 6) is -1.33. The van der Waals surface area contributed by atoms with Gasteiger partial charge in [0.05, 0.1) is 31.8 Å². The van der Waals surface area contributed by atoms with E-state index in [1.54, 1.807) is 43.5 Å². The number of hydrogen-bond donors (Lipinski definition) is 2. The molecule has 0 spiro atoms. The minimum absolute atomic E-state index is 0.0954. The Bertz CT molecular complexity index is 1870. The van der Waals surface area contributed by atoms with Crippen molar-refractivity contribution in [2.24, 2.45) is 0 Å². The number of carbonyl (C=O) groups is 1. The normalized spacial score (nSPS) is 11.8. The highest BCUT2D eigenvalue weighted by molar-refractivity contribution is 6.31. The van der Waals surface area contributed by atoms with E-state index in [1.165, 1.54) is 52.9 Å². The molecule has 5 rings (SSSR count). The summed E-state index contributed by atoms with van der Waals surface area (Å²) in [5, 5.41) is 20.6. The standard InChI is InChI=1S/C31H26ClF2N5O4/c1-3-27(31(42)35-22-9-7-19(17-40)25(34)13-22)38-16-29(43-2)24(14-30(38)41)23-12-20(32)8-10-28(23)39-15-26(36-37-39)18-5-4-6-21(33)11-18/h4-16,27,40H,3,17H2,1-2H3,(H,35,42)/t27-/m0/s1. The van der Waals surface area contributed by atoms with E-state index in [0.717, 1.165) is 6.07 Å². The Balaban J connectivity index is 1.52. The molecule has 2 aromatic heterocycles. The molecule has 1 atom stereocenters. The van der Waals surface area contributed by atoms with E-state index in [4.69, 9.17) is 16.3 Å². The van der Waals surface area contributed by atoms with Crippen LogP contribution in [-0.4, -0.2) is 37.7 Å². The summed E-state index contributed by atoms with van der Waals surface area (Å²) in [5.41, 5.74) is 2.17. The maximum atomic E-state index is 14.1. The Hall–Kier alpha value is -4.87. The van der Waals surface area contributed by atoms with Crippen LogP contribution >= 0.6 is 11.6 Å². The van der Waals surface area contributed by atoms with Gasteiger partial charge in [-0.25, -0.2) is 13.5 Å². The van der Waals surface area contributed by atoms with Gasteiger partial charge in [-0.15, -0.1) is 5.10 Å². The summed E-state index contributed by atoms with van der Waals surface area (Å²) in [6.45, 7) is 1.26. The second kappa shape index (κ2) is 12.6. The van der Waals surface area contributed by atoms with Crippen molar-refractivity contribution >= 4 is 23.2 Å². The van der Waals surface area contributed by atoms with Crippen molar-refractivity contribution in [1.29, 1.82) is 0 Å². The zero-order valence-corrected chi connectivity index (χ0v) is 23.8. The number of hydrogen-bond acceptors (Lipinski definition) is 6. The van der Waals surface area contributed by atoms with E-state index in [0.29, 0.717) is 33.1 Å². The molecule has 0 radical (unpaired) electrons. The average molecular weight is 606 g/mol. The summed E-state index contributed by atoms with van der Waals surface area (Å²) in [4.78, 5) is 26.7. The van der Waals surface area contributed by atoms with Gasteiger partial charge < -0.3 is 15.2 Å². The van der Waals surface area contributed by atoms with Crippen LogP contribution in [0.5, 0.6) is 5.75 Å². The first kappa shape index (κ1) is 29.6. The molecule has 0 fully saturated rings. The molecule has 5 aromatic rings. The molecular formula is C31H26ClF2N5O4. The summed E-state index contributed by atoms with van der Waals surface area (Å²) < 4.78 is 36.3. The highest BCUT2D eigenvalue weighted by atomic mass is 35.5. The fourth-order valence-electron chi connectivity index (χ4n) is 4.72. The van der Waals surface area contributed by atoms with Crippen molar-refractivity contribution < 1.29 is 23.4 Å². The number of anilines is 1. The molecule has 3 aromatic carbocycles. The van der Waals surface area contributed by atoms with Gasteiger partial charge in [0, 0.05) is 39.0 Å². The molecule has 9 nitrogen and oxygen atoms in total. The van der Waals surface area contributed by atoms with E-state index in [-0.39, 0.29) is 23.4 Å². The largest absolute Gasteiger partial charge is 0.495 e. The van der Waals surface area contributed by atoms with Crippen LogP contribution in [0.1, 0.15) is 24.9 Å². The Morgan fingerprint density at radius 1 is 1.07 bits per heavy atom. The van der Waals surface area contributed by atoms with Gasteiger partial charge in [-0.05, 0) is 48.9 Å². The van der Waals surface area contributed by atoms with Crippen LogP contribution in [0.25, 0.3) is 28.1 Å². The van der Waals surface area contributed by atoms with Crippen molar-refractivity contribution in [2.45, 2.75) is 26.0 Å². The lowest BCUT2D eigenvalue weighted by atomic mass is 10.0. The Labute approximate surface area is 249 Å². The van der Waals surface area contributed by atoms with Crippen molar-refractivity contribution in [3.63, 3.8) is 0 Å². The minimum atomic E-state index is -0.945. The van der Waals surface area contributed by atoms with Gasteiger partial charge in [0.1, 0.15) is 29.1 Å². The number of methoxy groups -OCH3 is 1. The number of nitrogens with one attached hydrogen (secondary N) is 1. The topological polar surface area (TPSA) is 111 Å².